The number of ether oxygens (including phenoxy) is 2. The Morgan fingerprint density at radius 1 is 1.03 bits per heavy atom. The highest BCUT2D eigenvalue weighted by Gasteiger charge is 2.31. The molecular formula is C25H15Cl3N2O3. The Morgan fingerprint density at radius 3 is 2.55 bits per heavy atom. The molecule has 2 N–H and O–H groups in total. The Bertz CT molecular complexity index is 1360. The molecule has 5 nitrogen and oxygen atoms in total. The van der Waals surface area contributed by atoms with Gasteiger partial charge in [-0.3, -0.25) is 0 Å². The van der Waals surface area contributed by atoms with Gasteiger partial charge in [-0.1, -0.05) is 65.1 Å². The van der Waals surface area contributed by atoms with Crippen molar-refractivity contribution in [3.8, 4) is 17.6 Å². The first-order valence-corrected chi connectivity index (χ1v) is 10.8. The molecule has 0 aliphatic carbocycles. The fraction of sp³-hybridized carbons (Fsp3) is 0.0400. The maximum absolute atomic E-state index is 12.3. The average molecular weight is 498 g/mol. The largest absolute Gasteiger partial charge is 0.440 e. The monoisotopic (exact) mass is 496 g/mol. The predicted octanol–water partition coefficient (Wildman–Crippen LogP) is 6.48. The lowest BCUT2D eigenvalue weighted by atomic mass is 9.83. The number of esters is 1. The summed E-state index contributed by atoms with van der Waals surface area (Å²) in [6, 6.07) is 19.2. The van der Waals surface area contributed by atoms with Crippen molar-refractivity contribution in [1.29, 1.82) is 5.26 Å². The van der Waals surface area contributed by atoms with E-state index in [2.05, 4.69) is 6.07 Å². The van der Waals surface area contributed by atoms with E-state index in [1.807, 2.05) is 6.07 Å². The number of rotatable bonds is 4. The van der Waals surface area contributed by atoms with Gasteiger partial charge in [-0.25, -0.2) is 4.79 Å². The van der Waals surface area contributed by atoms with Gasteiger partial charge in [0.05, 0.1) is 16.0 Å². The van der Waals surface area contributed by atoms with Crippen LogP contribution in [0.25, 0.3) is 6.08 Å². The number of benzene rings is 3. The molecule has 0 spiro atoms. The van der Waals surface area contributed by atoms with Gasteiger partial charge >= 0.3 is 5.97 Å². The second-order valence-electron chi connectivity index (χ2n) is 7.07. The number of hydrogen-bond acceptors (Lipinski definition) is 5. The van der Waals surface area contributed by atoms with Crippen LogP contribution in [0.3, 0.4) is 0 Å². The second kappa shape index (κ2) is 9.60. The van der Waals surface area contributed by atoms with Crippen molar-refractivity contribution < 1.29 is 14.3 Å². The Balaban J connectivity index is 1.62. The minimum Gasteiger partial charge on any atom is -0.440 e. The van der Waals surface area contributed by atoms with Crippen LogP contribution in [0.2, 0.25) is 15.1 Å². The van der Waals surface area contributed by atoms with E-state index in [-0.39, 0.29) is 17.2 Å². The predicted molar refractivity (Wildman–Crippen MR) is 128 cm³/mol. The lowest BCUT2D eigenvalue weighted by Gasteiger charge is -2.27. The topological polar surface area (TPSA) is 85.3 Å². The van der Waals surface area contributed by atoms with E-state index in [0.717, 1.165) is 5.56 Å². The van der Waals surface area contributed by atoms with E-state index in [1.54, 1.807) is 60.7 Å². The highest BCUT2D eigenvalue weighted by molar-refractivity contribution is 6.42. The fourth-order valence-electron chi connectivity index (χ4n) is 3.45. The van der Waals surface area contributed by atoms with Crippen LogP contribution in [0.4, 0.5) is 0 Å². The molecule has 0 bridgehead atoms. The lowest BCUT2D eigenvalue weighted by molar-refractivity contribution is -0.128. The van der Waals surface area contributed by atoms with Crippen LogP contribution in [0, 0.1) is 11.3 Å². The first kappa shape index (κ1) is 22.8. The van der Waals surface area contributed by atoms with E-state index in [9.17, 15) is 10.1 Å². The number of carbonyl (C=O) groups excluding carboxylic acids is 1. The molecule has 1 unspecified atom stereocenters. The third kappa shape index (κ3) is 4.84. The van der Waals surface area contributed by atoms with E-state index in [0.29, 0.717) is 31.9 Å². The molecule has 0 saturated carbocycles. The van der Waals surface area contributed by atoms with E-state index in [4.69, 9.17) is 50.0 Å². The van der Waals surface area contributed by atoms with Crippen LogP contribution in [0.15, 0.2) is 78.2 Å². The number of nitriles is 1. The van der Waals surface area contributed by atoms with Crippen LogP contribution < -0.4 is 15.2 Å². The van der Waals surface area contributed by atoms with Gasteiger partial charge in [-0.2, -0.15) is 5.26 Å². The summed E-state index contributed by atoms with van der Waals surface area (Å²) in [4.78, 5) is 12.3. The van der Waals surface area contributed by atoms with Crippen molar-refractivity contribution in [2.24, 2.45) is 5.73 Å². The summed E-state index contributed by atoms with van der Waals surface area (Å²) in [6.45, 7) is 0. The van der Waals surface area contributed by atoms with Gasteiger partial charge in [0.25, 0.3) is 0 Å². The molecule has 1 aliphatic heterocycles. The molecule has 0 aromatic heterocycles. The summed E-state index contributed by atoms with van der Waals surface area (Å²) in [6.07, 6.45) is 2.85. The quantitative estimate of drug-likeness (QED) is 0.253. The van der Waals surface area contributed by atoms with Crippen LogP contribution in [-0.4, -0.2) is 5.97 Å². The number of nitrogens with zero attached hydrogens (tertiary/aromatic N) is 1. The molecular weight excluding hydrogens is 483 g/mol. The van der Waals surface area contributed by atoms with Crippen molar-refractivity contribution >= 4 is 46.8 Å². The third-order valence-corrected chi connectivity index (χ3v) is 6.07. The van der Waals surface area contributed by atoms with Crippen LogP contribution in [0.1, 0.15) is 22.6 Å². The minimum absolute atomic E-state index is 0.0387. The summed E-state index contributed by atoms with van der Waals surface area (Å²) in [7, 11) is 0. The number of fused-ring (bicyclic) bond motifs is 1. The molecule has 0 radical (unpaired) electrons. The Hall–Kier alpha value is -3.43. The summed E-state index contributed by atoms with van der Waals surface area (Å²) in [5, 5.41) is 11.0. The number of halogens is 3. The van der Waals surface area contributed by atoms with Crippen molar-refractivity contribution in [2.75, 3.05) is 0 Å². The maximum Gasteiger partial charge on any atom is 0.336 e. The minimum atomic E-state index is -0.590. The van der Waals surface area contributed by atoms with Crippen molar-refractivity contribution in [3.63, 3.8) is 0 Å². The summed E-state index contributed by atoms with van der Waals surface area (Å²) >= 11 is 18.3. The Morgan fingerprint density at radius 2 is 1.82 bits per heavy atom. The summed E-state index contributed by atoms with van der Waals surface area (Å²) < 4.78 is 11.1. The molecule has 0 saturated heterocycles. The van der Waals surface area contributed by atoms with Gasteiger partial charge in [0, 0.05) is 22.7 Å². The zero-order valence-electron chi connectivity index (χ0n) is 16.9. The van der Waals surface area contributed by atoms with Crippen LogP contribution in [0.5, 0.6) is 11.5 Å². The van der Waals surface area contributed by atoms with E-state index >= 15 is 0 Å². The lowest BCUT2D eigenvalue weighted by Crippen LogP contribution is -2.21. The van der Waals surface area contributed by atoms with Gasteiger partial charge < -0.3 is 15.2 Å². The molecule has 3 aromatic carbocycles. The van der Waals surface area contributed by atoms with E-state index in [1.165, 1.54) is 6.08 Å². The molecule has 1 atom stereocenters. The maximum atomic E-state index is 12.3. The highest BCUT2D eigenvalue weighted by atomic mass is 35.5. The molecule has 164 valence electrons. The molecule has 1 heterocycles. The van der Waals surface area contributed by atoms with Crippen molar-refractivity contribution in [2.45, 2.75) is 5.92 Å². The normalized spacial score (nSPS) is 15.0. The van der Waals surface area contributed by atoms with Crippen LogP contribution in [-0.2, 0) is 4.79 Å². The summed E-state index contributed by atoms with van der Waals surface area (Å²) in [5.74, 6) is -0.527. The highest BCUT2D eigenvalue weighted by Crippen LogP contribution is 2.44. The first-order valence-electron chi connectivity index (χ1n) is 9.68. The number of hydrogen-bond donors (Lipinski definition) is 1. The van der Waals surface area contributed by atoms with Gasteiger partial charge in [-0.15, -0.1) is 0 Å². The van der Waals surface area contributed by atoms with Crippen molar-refractivity contribution in [3.05, 3.63) is 110 Å². The molecule has 3 aromatic rings. The fourth-order valence-corrected chi connectivity index (χ4v) is 3.96. The van der Waals surface area contributed by atoms with Gasteiger partial charge in [0.2, 0.25) is 5.88 Å². The standard InChI is InChI=1S/C25H15Cl3N2O3/c26-19-4-2-1-3-14(19)6-10-23(31)32-16-7-8-17-22(12-16)33-25(30)18(13-29)24(17)15-5-9-20(27)21(28)11-15/h1-12,24H,30H2/b10-6+. The summed E-state index contributed by atoms with van der Waals surface area (Å²) in [5.41, 5.74) is 8.35. The van der Waals surface area contributed by atoms with Gasteiger partial charge in [0.1, 0.15) is 23.1 Å². The first-order chi connectivity index (χ1) is 15.9. The number of nitrogens with two attached hydrogens (primary N) is 1. The zero-order valence-corrected chi connectivity index (χ0v) is 19.2. The molecule has 0 fully saturated rings. The smallest absolute Gasteiger partial charge is 0.336 e. The zero-order chi connectivity index (χ0) is 23.5. The Kier molecular flexibility index (Phi) is 6.62. The third-order valence-electron chi connectivity index (χ3n) is 4.99. The van der Waals surface area contributed by atoms with Gasteiger partial charge in [0.15, 0.2) is 0 Å². The average Bonchev–Trinajstić information content (AvgIpc) is 2.79. The molecule has 4 rings (SSSR count). The van der Waals surface area contributed by atoms with Gasteiger partial charge in [-0.05, 0) is 41.5 Å². The van der Waals surface area contributed by atoms with Crippen LogP contribution >= 0.6 is 34.8 Å². The SMILES string of the molecule is N#CC1=C(N)Oc2cc(OC(=O)/C=C/c3ccccc3Cl)ccc2C1c1ccc(Cl)c(Cl)c1. The molecule has 0 amide bonds. The Labute approximate surface area is 205 Å². The number of carbonyl (C=O) groups is 1. The second-order valence-corrected chi connectivity index (χ2v) is 8.30. The molecule has 8 heteroatoms. The molecule has 33 heavy (non-hydrogen) atoms. The molecule has 1 aliphatic rings. The van der Waals surface area contributed by atoms with Crippen molar-refractivity contribution in [1.82, 2.24) is 0 Å². The van der Waals surface area contributed by atoms with E-state index < -0.39 is 11.9 Å². The number of allylic oxidation sites excluding steroid dienone is 1.